The number of rotatable bonds is 4. The molecule has 5 nitrogen and oxygen atoms in total. The highest BCUT2D eigenvalue weighted by atomic mass is 127. The SMILES string of the molecule is CN=C(NCC(C(C)C)N1CCOCC1)N1CCC2(CCCCC2)C1.I. The Bertz CT molecular complexity index is 445. The third kappa shape index (κ3) is 5.47. The first kappa shape index (κ1) is 22.2. The normalized spacial score (nSPS) is 25.4. The summed E-state index contributed by atoms with van der Waals surface area (Å²) in [6, 6.07) is 0.548. The number of halogens is 1. The minimum absolute atomic E-state index is 0. The lowest BCUT2D eigenvalue weighted by molar-refractivity contribution is 0.00740. The zero-order valence-electron chi connectivity index (χ0n) is 17.0. The predicted octanol–water partition coefficient (Wildman–Crippen LogP) is 3.19. The molecule has 2 saturated heterocycles. The largest absolute Gasteiger partial charge is 0.379 e. The molecule has 0 aromatic carbocycles. The van der Waals surface area contributed by atoms with Crippen molar-refractivity contribution >= 4 is 29.9 Å². The quantitative estimate of drug-likeness (QED) is 0.383. The third-order valence-electron chi connectivity index (χ3n) is 6.62. The number of nitrogens with one attached hydrogen (secondary N) is 1. The van der Waals surface area contributed by atoms with Crippen molar-refractivity contribution in [1.82, 2.24) is 15.1 Å². The van der Waals surface area contributed by atoms with Crippen molar-refractivity contribution in [2.24, 2.45) is 16.3 Å². The van der Waals surface area contributed by atoms with Crippen LogP contribution in [-0.2, 0) is 4.74 Å². The van der Waals surface area contributed by atoms with Gasteiger partial charge in [-0.3, -0.25) is 9.89 Å². The van der Waals surface area contributed by atoms with E-state index >= 15 is 0 Å². The van der Waals surface area contributed by atoms with Gasteiger partial charge in [0.05, 0.1) is 13.2 Å². The summed E-state index contributed by atoms with van der Waals surface area (Å²) < 4.78 is 5.53. The van der Waals surface area contributed by atoms with Crippen molar-refractivity contribution < 1.29 is 4.74 Å². The monoisotopic (exact) mass is 478 g/mol. The molecule has 152 valence electrons. The van der Waals surface area contributed by atoms with Gasteiger partial charge in [0.15, 0.2) is 5.96 Å². The summed E-state index contributed by atoms with van der Waals surface area (Å²) in [5.41, 5.74) is 0.581. The molecule has 6 heteroatoms. The van der Waals surface area contributed by atoms with Gasteiger partial charge in [-0.1, -0.05) is 33.1 Å². The minimum atomic E-state index is 0. The number of aliphatic imine (C=N–C) groups is 1. The molecule has 0 aromatic heterocycles. The maximum atomic E-state index is 5.53. The van der Waals surface area contributed by atoms with Crippen LogP contribution < -0.4 is 5.32 Å². The van der Waals surface area contributed by atoms with E-state index in [4.69, 9.17) is 4.74 Å². The van der Waals surface area contributed by atoms with Crippen molar-refractivity contribution in [3.05, 3.63) is 0 Å². The summed E-state index contributed by atoms with van der Waals surface area (Å²) in [6.07, 6.45) is 8.47. The standard InChI is InChI=1S/C20H38N4O.HI/c1-17(2)18(23-11-13-25-14-12-23)15-22-19(21-3)24-10-9-20(16-24)7-5-4-6-8-20;/h17-18H,4-16H2,1-3H3,(H,21,22);1H. The van der Waals surface area contributed by atoms with Crippen LogP contribution in [0.5, 0.6) is 0 Å². The summed E-state index contributed by atoms with van der Waals surface area (Å²) in [6.45, 7) is 11.9. The summed E-state index contributed by atoms with van der Waals surface area (Å²) in [5, 5.41) is 3.71. The van der Waals surface area contributed by atoms with Crippen LogP contribution in [0.2, 0.25) is 0 Å². The highest BCUT2D eigenvalue weighted by molar-refractivity contribution is 14.0. The second-order valence-corrected chi connectivity index (χ2v) is 8.62. The van der Waals surface area contributed by atoms with Gasteiger partial charge in [0.2, 0.25) is 0 Å². The van der Waals surface area contributed by atoms with E-state index in [1.807, 2.05) is 7.05 Å². The number of ether oxygens (including phenoxy) is 1. The van der Waals surface area contributed by atoms with Gasteiger partial charge in [0.1, 0.15) is 0 Å². The minimum Gasteiger partial charge on any atom is -0.379 e. The van der Waals surface area contributed by atoms with Crippen molar-refractivity contribution in [1.29, 1.82) is 0 Å². The number of guanidine groups is 1. The van der Waals surface area contributed by atoms with Gasteiger partial charge in [0, 0.05) is 45.8 Å². The van der Waals surface area contributed by atoms with Gasteiger partial charge in [-0.2, -0.15) is 0 Å². The van der Waals surface area contributed by atoms with Crippen LogP contribution in [0.15, 0.2) is 4.99 Å². The van der Waals surface area contributed by atoms with Gasteiger partial charge < -0.3 is 15.0 Å². The molecule has 0 amide bonds. The van der Waals surface area contributed by atoms with Crippen LogP contribution >= 0.6 is 24.0 Å². The van der Waals surface area contributed by atoms with Crippen molar-refractivity contribution in [2.75, 3.05) is 53.0 Å². The summed E-state index contributed by atoms with van der Waals surface area (Å²) in [4.78, 5) is 9.71. The first-order chi connectivity index (χ1) is 12.1. The Kier molecular flexibility index (Phi) is 8.94. The van der Waals surface area contributed by atoms with E-state index in [1.54, 1.807) is 0 Å². The highest BCUT2D eigenvalue weighted by Gasteiger charge is 2.39. The molecule has 0 aromatic rings. The van der Waals surface area contributed by atoms with E-state index in [-0.39, 0.29) is 24.0 Å². The van der Waals surface area contributed by atoms with Crippen LogP contribution in [0.3, 0.4) is 0 Å². The van der Waals surface area contributed by atoms with E-state index in [2.05, 4.69) is 34.0 Å². The Balaban J connectivity index is 0.00000243. The van der Waals surface area contributed by atoms with E-state index in [0.29, 0.717) is 17.4 Å². The molecule has 3 rings (SSSR count). The molecule has 3 aliphatic rings. The van der Waals surface area contributed by atoms with Crippen LogP contribution in [0.1, 0.15) is 52.4 Å². The molecular formula is C20H39IN4O. The summed E-state index contributed by atoms with van der Waals surface area (Å²) in [5.74, 6) is 1.74. The molecule has 0 radical (unpaired) electrons. The zero-order chi connectivity index (χ0) is 17.7. The molecule has 2 aliphatic heterocycles. The first-order valence-corrected chi connectivity index (χ1v) is 10.4. The summed E-state index contributed by atoms with van der Waals surface area (Å²) >= 11 is 0. The second kappa shape index (κ2) is 10.5. The fraction of sp³-hybridized carbons (Fsp3) is 0.950. The van der Waals surface area contributed by atoms with Crippen molar-refractivity contribution in [2.45, 2.75) is 58.4 Å². The van der Waals surface area contributed by atoms with Gasteiger partial charge in [0.25, 0.3) is 0 Å². The number of hydrogen-bond donors (Lipinski definition) is 1. The van der Waals surface area contributed by atoms with Crippen LogP contribution in [0.25, 0.3) is 0 Å². The van der Waals surface area contributed by atoms with Crippen LogP contribution in [0.4, 0.5) is 0 Å². The van der Waals surface area contributed by atoms with Crippen molar-refractivity contribution in [3.8, 4) is 0 Å². The lowest BCUT2D eigenvalue weighted by Gasteiger charge is -2.38. The fourth-order valence-corrected chi connectivity index (χ4v) is 5.05. The molecule has 2 heterocycles. The van der Waals surface area contributed by atoms with E-state index in [1.165, 1.54) is 51.6 Å². The van der Waals surface area contributed by atoms with Gasteiger partial charge in [-0.25, -0.2) is 0 Å². The van der Waals surface area contributed by atoms with Crippen molar-refractivity contribution in [3.63, 3.8) is 0 Å². The number of hydrogen-bond acceptors (Lipinski definition) is 3. The average molecular weight is 478 g/mol. The van der Waals surface area contributed by atoms with Gasteiger partial charge in [-0.05, 0) is 30.6 Å². The maximum Gasteiger partial charge on any atom is 0.193 e. The lowest BCUT2D eigenvalue weighted by Crippen LogP contribution is -2.53. The number of morpholine rings is 1. The Morgan fingerprint density at radius 2 is 1.77 bits per heavy atom. The first-order valence-electron chi connectivity index (χ1n) is 10.4. The molecule has 26 heavy (non-hydrogen) atoms. The molecule has 1 unspecified atom stereocenters. The maximum absolute atomic E-state index is 5.53. The number of likely N-dealkylation sites (tertiary alicyclic amines) is 1. The Hall–Kier alpha value is -0.0800. The number of nitrogens with zero attached hydrogens (tertiary/aromatic N) is 3. The van der Waals surface area contributed by atoms with Gasteiger partial charge >= 0.3 is 0 Å². The van der Waals surface area contributed by atoms with Crippen LogP contribution in [0, 0.1) is 11.3 Å². The zero-order valence-corrected chi connectivity index (χ0v) is 19.3. The molecule has 1 saturated carbocycles. The summed E-state index contributed by atoms with van der Waals surface area (Å²) in [7, 11) is 1.94. The Morgan fingerprint density at radius 3 is 2.38 bits per heavy atom. The fourth-order valence-electron chi connectivity index (χ4n) is 5.05. The topological polar surface area (TPSA) is 40.1 Å². The van der Waals surface area contributed by atoms with E-state index in [0.717, 1.165) is 38.8 Å². The Morgan fingerprint density at radius 1 is 1.08 bits per heavy atom. The molecule has 1 aliphatic carbocycles. The highest BCUT2D eigenvalue weighted by Crippen LogP contribution is 2.43. The van der Waals surface area contributed by atoms with E-state index < -0.39 is 0 Å². The molecule has 1 atom stereocenters. The van der Waals surface area contributed by atoms with Crippen LogP contribution in [-0.4, -0.2) is 74.8 Å². The molecule has 1 spiro atoms. The average Bonchev–Trinajstić information content (AvgIpc) is 3.03. The van der Waals surface area contributed by atoms with Gasteiger partial charge in [-0.15, -0.1) is 24.0 Å². The predicted molar refractivity (Wildman–Crippen MR) is 120 cm³/mol. The molecule has 3 fully saturated rings. The molecule has 1 N–H and O–H groups in total. The molecule has 0 bridgehead atoms. The second-order valence-electron chi connectivity index (χ2n) is 8.62. The molecular weight excluding hydrogens is 439 g/mol. The smallest absolute Gasteiger partial charge is 0.193 e. The Labute approximate surface area is 177 Å². The lowest BCUT2D eigenvalue weighted by atomic mass is 9.73. The third-order valence-corrected chi connectivity index (χ3v) is 6.62. The van der Waals surface area contributed by atoms with E-state index in [9.17, 15) is 0 Å².